The Morgan fingerprint density at radius 3 is 2.04 bits per heavy atom. The van der Waals surface area contributed by atoms with Crippen LogP contribution in [-0.4, -0.2) is 42.8 Å². The number of nitrogens with zero attached hydrogens (tertiary/aromatic N) is 1. The van der Waals surface area contributed by atoms with Crippen molar-refractivity contribution in [3.8, 4) is 0 Å². The fourth-order valence-electron chi connectivity index (χ4n) is 2.37. The first-order valence-electron chi connectivity index (χ1n) is 8.31. The molecule has 0 heterocycles. The third-order valence-electron chi connectivity index (χ3n) is 4.18. The minimum absolute atomic E-state index is 0.0630. The predicted octanol–water partition coefficient (Wildman–Crippen LogP) is 2.27. The Kier molecular flexibility index (Phi) is 6.35. The summed E-state index contributed by atoms with van der Waals surface area (Å²) in [5, 5.41) is 11.8. The molecular formula is C19H22N2O5S. The molecule has 0 aliphatic heterocycles. The second-order valence-corrected chi connectivity index (χ2v) is 8.29. The lowest BCUT2D eigenvalue weighted by atomic mass is 10.1. The minimum Gasteiger partial charge on any atom is -0.479 e. The van der Waals surface area contributed by atoms with Crippen molar-refractivity contribution in [1.82, 2.24) is 9.62 Å². The van der Waals surface area contributed by atoms with Gasteiger partial charge in [-0.3, -0.25) is 4.79 Å². The lowest BCUT2D eigenvalue weighted by Crippen LogP contribution is -2.34. The summed E-state index contributed by atoms with van der Waals surface area (Å²) in [5.74, 6) is -1.79. The van der Waals surface area contributed by atoms with E-state index in [1.807, 2.05) is 0 Å². The zero-order valence-corrected chi connectivity index (χ0v) is 16.1. The lowest BCUT2D eigenvalue weighted by molar-refractivity contribution is -0.139. The van der Waals surface area contributed by atoms with Crippen molar-refractivity contribution in [2.45, 2.75) is 30.8 Å². The van der Waals surface area contributed by atoms with Gasteiger partial charge in [-0.2, -0.15) is 4.31 Å². The van der Waals surface area contributed by atoms with Crippen LogP contribution in [0.4, 0.5) is 0 Å². The molecule has 27 heavy (non-hydrogen) atoms. The van der Waals surface area contributed by atoms with Gasteiger partial charge in [0.2, 0.25) is 10.0 Å². The van der Waals surface area contributed by atoms with Gasteiger partial charge in [-0.15, -0.1) is 0 Å². The van der Waals surface area contributed by atoms with Gasteiger partial charge in [0.15, 0.2) is 6.04 Å². The molecule has 0 fully saturated rings. The number of sulfonamides is 1. The van der Waals surface area contributed by atoms with Crippen molar-refractivity contribution in [3.05, 3.63) is 65.7 Å². The van der Waals surface area contributed by atoms with E-state index in [-0.39, 0.29) is 16.5 Å². The maximum atomic E-state index is 12.5. The van der Waals surface area contributed by atoms with E-state index in [0.29, 0.717) is 5.56 Å². The Labute approximate surface area is 158 Å². The van der Waals surface area contributed by atoms with Crippen LogP contribution < -0.4 is 5.32 Å². The summed E-state index contributed by atoms with van der Waals surface area (Å²) in [5.41, 5.74) is 0.611. The Morgan fingerprint density at radius 1 is 1.00 bits per heavy atom. The first-order chi connectivity index (χ1) is 12.6. The number of rotatable bonds is 7. The molecule has 0 spiro atoms. The molecule has 0 saturated heterocycles. The van der Waals surface area contributed by atoms with Gasteiger partial charge in [0.1, 0.15) is 0 Å². The molecule has 0 aliphatic carbocycles. The van der Waals surface area contributed by atoms with Crippen LogP contribution in [0.3, 0.4) is 0 Å². The zero-order valence-electron chi connectivity index (χ0n) is 15.3. The number of carbonyl (C=O) groups is 2. The van der Waals surface area contributed by atoms with Crippen molar-refractivity contribution in [3.63, 3.8) is 0 Å². The van der Waals surface area contributed by atoms with Crippen LogP contribution >= 0.6 is 0 Å². The smallest absolute Gasteiger partial charge is 0.330 e. The van der Waals surface area contributed by atoms with Gasteiger partial charge in [0.05, 0.1) is 4.90 Å². The molecular weight excluding hydrogens is 368 g/mol. The Balaban J connectivity index is 2.21. The summed E-state index contributed by atoms with van der Waals surface area (Å²) < 4.78 is 26.1. The number of hydrogen-bond acceptors (Lipinski definition) is 4. The van der Waals surface area contributed by atoms with E-state index in [9.17, 15) is 23.1 Å². The lowest BCUT2D eigenvalue weighted by Gasteiger charge is -2.21. The molecule has 7 nitrogen and oxygen atoms in total. The highest BCUT2D eigenvalue weighted by atomic mass is 32.2. The summed E-state index contributed by atoms with van der Waals surface area (Å²) in [6.45, 7) is 3.52. The molecule has 0 unspecified atom stereocenters. The average molecular weight is 390 g/mol. The third kappa shape index (κ3) is 4.72. The maximum Gasteiger partial charge on any atom is 0.330 e. The maximum absolute atomic E-state index is 12.5. The molecule has 144 valence electrons. The van der Waals surface area contributed by atoms with Gasteiger partial charge in [-0.1, -0.05) is 30.3 Å². The Morgan fingerprint density at radius 2 is 1.56 bits per heavy atom. The number of carboxylic acid groups (broad SMARTS) is 1. The van der Waals surface area contributed by atoms with Gasteiger partial charge in [-0.05, 0) is 43.7 Å². The standard InChI is InChI=1S/C19H22N2O5S/c1-13(2)21(3)27(25,26)16-11-9-15(10-12-16)18(22)20-17(19(23)24)14-7-5-4-6-8-14/h4-13,17H,1-3H3,(H,20,22)(H,23,24)/t17-/m0/s1. The molecule has 0 aromatic heterocycles. The van der Waals surface area contributed by atoms with Crippen molar-refractivity contribution < 1.29 is 23.1 Å². The molecule has 2 aromatic rings. The van der Waals surface area contributed by atoms with Crippen LogP contribution in [0, 0.1) is 0 Å². The van der Waals surface area contributed by atoms with E-state index in [1.165, 1.54) is 35.6 Å². The SMILES string of the molecule is CC(C)N(C)S(=O)(=O)c1ccc(C(=O)N[C@H](C(=O)O)c2ccccc2)cc1. The van der Waals surface area contributed by atoms with Crippen LogP contribution in [0.15, 0.2) is 59.5 Å². The number of carbonyl (C=O) groups excluding carboxylic acids is 1. The molecule has 0 aliphatic rings. The first-order valence-corrected chi connectivity index (χ1v) is 9.75. The first kappa shape index (κ1) is 20.6. The summed E-state index contributed by atoms with van der Waals surface area (Å²) in [4.78, 5) is 24.0. The molecule has 2 aromatic carbocycles. The largest absolute Gasteiger partial charge is 0.479 e. The Hall–Kier alpha value is -2.71. The van der Waals surface area contributed by atoms with Crippen LogP contribution in [-0.2, 0) is 14.8 Å². The van der Waals surface area contributed by atoms with Crippen LogP contribution in [0.1, 0.15) is 35.8 Å². The highest BCUT2D eigenvalue weighted by Crippen LogP contribution is 2.18. The molecule has 2 rings (SSSR count). The normalized spacial score (nSPS) is 12.8. The van der Waals surface area contributed by atoms with Crippen molar-refractivity contribution in [1.29, 1.82) is 0 Å². The van der Waals surface area contributed by atoms with Gasteiger partial charge in [0.25, 0.3) is 5.91 Å². The Bertz CT molecular complexity index is 909. The molecule has 1 atom stereocenters. The topological polar surface area (TPSA) is 104 Å². The number of carboxylic acids is 1. The molecule has 0 saturated carbocycles. The summed E-state index contributed by atoms with van der Waals surface area (Å²) in [7, 11) is -2.17. The number of benzene rings is 2. The summed E-state index contributed by atoms with van der Waals surface area (Å²) in [6.07, 6.45) is 0. The molecule has 1 amide bonds. The van der Waals surface area contributed by atoms with E-state index < -0.39 is 27.9 Å². The minimum atomic E-state index is -3.65. The van der Waals surface area contributed by atoms with Gasteiger partial charge < -0.3 is 10.4 Å². The van der Waals surface area contributed by atoms with Gasteiger partial charge >= 0.3 is 5.97 Å². The predicted molar refractivity (Wildman–Crippen MR) is 101 cm³/mol. The highest BCUT2D eigenvalue weighted by molar-refractivity contribution is 7.89. The fraction of sp³-hybridized carbons (Fsp3) is 0.263. The van der Waals surface area contributed by atoms with E-state index in [0.717, 1.165) is 0 Å². The van der Waals surface area contributed by atoms with Gasteiger partial charge in [-0.25, -0.2) is 13.2 Å². The number of aliphatic carboxylic acids is 1. The second-order valence-electron chi connectivity index (χ2n) is 6.29. The summed E-state index contributed by atoms with van der Waals surface area (Å²) in [6, 6.07) is 12.3. The van der Waals surface area contributed by atoms with Gasteiger partial charge in [0, 0.05) is 18.7 Å². The monoisotopic (exact) mass is 390 g/mol. The summed E-state index contributed by atoms with van der Waals surface area (Å²) >= 11 is 0. The van der Waals surface area contributed by atoms with Crippen LogP contribution in [0.25, 0.3) is 0 Å². The zero-order chi connectivity index (χ0) is 20.2. The van der Waals surface area contributed by atoms with E-state index in [4.69, 9.17) is 0 Å². The van der Waals surface area contributed by atoms with Crippen LogP contribution in [0.5, 0.6) is 0 Å². The van der Waals surface area contributed by atoms with E-state index in [2.05, 4.69) is 5.32 Å². The molecule has 2 N–H and O–H groups in total. The number of hydrogen-bond donors (Lipinski definition) is 2. The van der Waals surface area contributed by atoms with E-state index in [1.54, 1.807) is 44.2 Å². The quantitative estimate of drug-likeness (QED) is 0.755. The third-order valence-corrected chi connectivity index (χ3v) is 6.22. The average Bonchev–Trinajstić information content (AvgIpc) is 2.65. The van der Waals surface area contributed by atoms with Crippen LogP contribution in [0.2, 0.25) is 0 Å². The molecule has 8 heteroatoms. The fourth-order valence-corrected chi connectivity index (χ4v) is 3.74. The second kappa shape index (κ2) is 8.32. The molecule has 0 radical (unpaired) electrons. The van der Waals surface area contributed by atoms with Crippen molar-refractivity contribution in [2.24, 2.45) is 0 Å². The molecule has 0 bridgehead atoms. The van der Waals surface area contributed by atoms with E-state index >= 15 is 0 Å². The van der Waals surface area contributed by atoms with Crippen molar-refractivity contribution in [2.75, 3.05) is 7.05 Å². The number of amides is 1. The van der Waals surface area contributed by atoms with Crippen molar-refractivity contribution >= 4 is 21.9 Å². The highest BCUT2D eigenvalue weighted by Gasteiger charge is 2.25. The number of nitrogens with one attached hydrogen (secondary N) is 1.